The fourth-order valence-corrected chi connectivity index (χ4v) is 2.33. The average molecular weight is 232 g/mol. The Morgan fingerprint density at radius 1 is 1.25 bits per heavy atom. The lowest BCUT2D eigenvalue weighted by Crippen LogP contribution is -2.17. The monoisotopic (exact) mass is 232 g/mol. The second-order valence-electron chi connectivity index (χ2n) is 4.10. The van der Waals surface area contributed by atoms with Crippen LogP contribution in [0.1, 0.15) is 23.1 Å². The summed E-state index contributed by atoms with van der Waals surface area (Å²) in [6.45, 7) is 2.03. The van der Waals surface area contributed by atoms with Gasteiger partial charge in [0.25, 0.3) is 0 Å². The first-order valence-electron chi connectivity index (χ1n) is 5.46. The topological polar surface area (TPSA) is 38.9 Å². The molecule has 1 aromatic heterocycles. The van der Waals surface area contributed by atoms with E-state index in [1.165, 1.54) is 16.1 Å². The van der Waals surface area contributed by atoms with E-state index in [9.17, 15) is 0 Å². The summed E-state index contributed by atoms with van der Waals surface area (Å²) in [5.41, 5.74) is 8.38. The van der Waals surface area contributed by atoms with Crippen molar-refractivity contribution in [1.29, 1.82) is 0 Å². The van der Waals surface area contributed by atoms with Crippen LogP contribution in [0.25, 0.3) is 0 Å². The second-order valence-corrected chi connectivity index (χ2v) is 5.08. The van der Waals surface area contributed by atoms with E-state index in [1.807, 2.05) is 18.5 Å². The molecule has 1 unspecified atom stereocenters. The molecule has 0 saturated heterocycles. The third kappa shape index (κ3) is 3.15. The molecule has 1 atom stereocenters. The van der Waals surface area contributed by atoms with Gasteiger partial charge >= 0.3 is 0 Å². The van der Waals surface area contributed by atoms with E-state index in [2.05, 4.69) is 29.2 Å². The molecule has 2 N–H and O–H groups in total. The molecule has 0 aliphatic heterocycles. The van der Waals surface area contributed by atoms with Crippen LogP contribution in [0.3, 0.4) is 0 Å². The van der Waals surface area contributed by atoms with Gasteiger partial charge in [-0.25, -0.2) is 4.98 Å². The molecule has 2 rings (SSSR count). The zero-order valence-corrected chi connectivity index (χ0v) is 10.2. The predicted molar refractivity (Wildman–Crippen MR) is 68.7 cm³/mol. The highest BCUT2D eigenvalue weighted by molar-refractivity contribution is 7.09. The average Bonchev–Trinajstić information content (AvgIpc) is 2.73. The summed E-state index contributed by atoms with van der Waals surface area (Å²) >= 11 is 1.70. The highest BCUT2D eigenvalue weighted by Gasteiger charge is 2.00. The Morgan fingerprint density at radius 3 is 2.50 bits per heavy atom. The molecule has 0 aliphatic carbocycles. The Balaban J connectivity index is 2.02. The summed E-state index contributed by atoms with van der Waals surface area (Å²) in [6, 6.07) is 8.88. The van der Waals surface area contributed by atoms with Gasteiger partial charge in [-0.1, -0.05) is 24.3 Å². The van der Waals surface area contributed by atoms with Crippen LogP contribution in [-0.2, 0) is 12.8 Å². The van der Waals surface area contributed by atoms with Crippen LogP contribution in [-0.4, -0.2) is 11.0 Å². The van der Waals surface area contributed by atoms with Gasteiger partial charge in [0.15, 0.2) is 0 Å². The van der Waals surface area contributed by atoms with Crippen LogP contribution < -0.4 is 5.73 Å². The lowest BCUT2D eigenvalue weighted by atomic mass is 10.0. The smallest absolute Gasteiger partial charge is 0.0968 e. The van der Waals surface area contributed by atoms with Crippen LogP contribution in [0.15, 0.2) is 35.8 Å². The quantitative estimate of drug-likeness (QED) is 0.880. The molecule has 0 fully saturated rings. The summed E-state index contributed by atoms with van der Waals surface area (Å²) in [6.07, 6.45) is 3.72. The predicted octanol–water partition coefficient (Wildman–Crippen LogP) is 2.62. The molecule has 3 heteroatoms. The van der Waals surface area contributed by atoms with E-state index in [0.29, 0.717) is 0 Å². The second kappa shape index (κ2) is 5.23. The Bertz CT molecular complexity index is 418. The van der Waals surface area contributed by atoms with Crippen LogP contribution in [0.2, 0.25) is 0 Å². The first-order valence-corrected chi connectivity index (χ1v) is 6.34. The van der Waals surface area contributed by atoms with Crippen molar-refractivity contribution < 1.29 is 0 Å². The number of nitrogens with zero attached hydrogens (tertiary/aromatic N) is 1. The maximum Gasteiger partial charge on any atom is 0.0968 e. The highest BCUT2D eigenvalue weighted by Crippen LogP contribution is 2.13. The molecule has 1 aromatic carbocycles. The Morgan fingerprint density at radius 2 is 1.94 bits per heavy atom. The zero-order chi connectivity index (χ0) is 11.4. The number of nitrogens with two attached hydrogens (primary N) is 1. The SMILES string of the molecule is CC(N)Cc1ccc(Cc2nccs2)cc1. The number of benzene rings is 1. The van der Waals surface area contributed by atoms with Crippen LogP contribution in [0, 0.1) is 0 Å². The third-order valence-corrected chi connectivity index (χ3v) is 3.20. The molecule has 0 radical (unpaired) electrons. The molecule has 2 aromatic rings. The summed E-state index contributed by atoms with van der Waals surface area (Å²) in [5.74, 6) is 0. The number of hydrogen-bond acceptors (Lipinski definition) is 3. The first-order chi connectivity index (χ1) is 7.74. The lowest BCUT2D eigenvalue weighted by Gasteiger charge is -2.05. The summed E-state index contributed by atoms with van der Waals surface area (Å²) < 4.78 is 0. The van der Waals surface area contributed by atoms with Crippen LogP contribution in [0.5, 0.6) is 0 Å². The minimum absolute atomic E-state index is 0.227. The van der Waals surface area contributed by atoms with Gasteiger partial charge in [-0.2, -0.15) is 0 Å². The fraction of sp³-hybridized carbons (Fsp3) is 0.308. The van der Waals surface area contributed by atoms with Crippen LogP contribution >= 0.6 is 11.3 Å². The molecule has 0 amide bonds. The van der Waals surface area contributed by atoms with Gasteiger partial charge in [-0.05, 0) is 24.5 Å². The molecule has 2 nitrogen and oxygen atoms in total. The standard InChI is InChI=1S/C13H16N2S/c1-10(14)8-11-2-4-12(5-3-11)9-13-15-6-7-16-13/h2-7,10H,8-9,14H2,1H3. The van der Waals surface area contributed by atoms with Crippen LogP contribution in [0.4, 0.5) is 0 Å². The third-order valence-electron chi connectivity index (χ3n) is 2.42. The van der Waals surface area contributed by atoms with Gasteiger partial charge in [0.1, 0.15) is 0 Å². The van der Waals surface area contributed by atoms with Gasteiger partial charge in [0.2, 0.25) is 0 Å². The zero-order valence-electron chi connectivity index (χ0n) is 9.39. The Labute approximate surface area is 100 Å². The number of aromatic nitrogens is 1. The van der Waals surface area contributed by atoms with Crippen molar-refractivity contribution in [3.8, 4) is 0 Å². The van der Waals surface area contributed by atoms with E-state index >= 15 is 0 Å². The molecular weight excluding hydrogens is 216 g/mol. The van der Waals surface area contributed by atoms with Gasteiger partial charge in [0, 0.05) is 24.0 Å². The summed E-state index contributed by atoms with van der Waals surface area (Å²) in [7, 11) is 0. The van der Waals surface area contributed by atoms with Crippen molar-refractivity contribution in [2.24, 2.45) is 5.73 Å². The van der Waals surface area contributed by atoms with Gasteiger partial charge in [-0.15, -0.1) is 11.3 Å². The number of thiazole rings is 1. The first kappa shape index (κ1) is 11.3. The van der Waals surface area contributed by atoms with Crippen molar-refractivity contribution in [2.75, 3.05) is 0 Å². The molecule has 1 heterocycles. The normalized spacial score (nSPS) is 12.6. The van der Waals surface area contributed by atoms with Crippen molar-refractivity contribution in [3.63, 3.8) is 0 Å². The molecule has 0 aliphatic rings. The van der Waals surface area contributed by atoms with Crippen molar-refractivity contribution in [1.82, 2.24) is 4.98 Å². The van der Waals surface area contributed by atoms with Gasteiger partial charge < -0.3 is 5.73 Å². The maximum atomic E-state index is 5.76. The number of hydrogen-bond donors (Lipinski definition) is 1. The van der Waals surface area contributed by atoms with Gasteiger partial charge in [-0.3, -0.25) is 0 Å². The Hall–Kier alpha value is -1.19. The van der Waals surface area contributed by atoms with E-state index < -0.39 is 0 Å². The molecule has 0 spiro atoms. The summed E-state index contributed by atoms with van der Waals surface area (Å²) in [4.78, 5) is 4.28. The molecule has 0 bridgehead atoms. The van der Waals surface area contributed by atoms with E-state index in [4.69, 9.17) is 5.73 Å². The minimum Gasteiger partial charge on any atom is -0.328 e. The molecule has 84 valence electrons. The lowest BCUT2D eigenvalue weighted by molar-refractivity contribution is 0.738. The van der Waals surface area contributed by atoms with Crippen molar-refractivity contribution >= 4 is 11.3 Å². The highest BCUT2D eigenvalue weighted by atomic mass is 32.1. The van der Waals surface area contributed by atoms with E-state index in [0.717, 1.165) is 12.8 Å². The minimum atomic E-state index is 0.227. The maximum absolute atomic E-state index is 5.76. The largest absolute Gasteiger partial charge is 0.328 e. The summed E-state index contributed by atoms with van der Waals surface area (Å²) in [5, 5.41) is 3.18. The molecule has 0 saturated carbocycles. The van der Waals surface area contributed by atoms with Gasteiger partial charge in [0.05, 0.1) is 5.01 Å². The van der Waals surface area contributed by atoms with E-state index in [-0.39, 0.29) is 6.04 Å². The van der Waals surface area contributed by atoms with E-state index in [1.54, 1.807) is 11.3 Å². The van der Waals surface area contributed by atoms with Crippen molar-refractivity contribution in [2.45, 2.75) is 25.8 Å². The molecular formula is C13H16N2S. The van der Waals surface area contributed by atoms with Crippen molar-refractivity contribution in [3.05, 3.63) is 52.0 Å². The number of rotatable bonds is 4. The Kier molecular flexibility index (Phi) is 3.70. The molecule has 16 heavy (non-hydrogen) atoms. The fourth-order valence-electron chi connectivity index (χ4n) is 1.68.